The molecule has 160 valence electrons. The molecule has 0 saturated heterocycles. The molecule has 32 heavy (non-hydrogen) atoms. The third kappa shape index (κ3) is 5.60. The molecule has 1 amide bonds. The highest BCUT2D eigenvalue weighted by Gasteiger charge is 2.12. The Balaban J connectivity index is 1.74. The first-order chi connectivity index (χ1) is 15.4. The van der Waals surface area contributed by atoms with Gasteiger partial charge in [0, 0.05) is 17.1 Å². The Bertz CT molecular complexity index is 1230. The third-order valence-corrected chi connectivity index (χ3v) is 5.01. The molecule has 0 unspecified atom stereocenters. The van der Waals surface area contributed by atoms with Gasteiger partial charge in [-0.25, -0.2) is 9.18 Å². The van der Waals surface area contributed by atoms with Crippen LogP contribution < -0.4 is 5.32 Å². The lowest BCUT2D eigenvalue weighted by Gasteiger charge is -2.08. The van der Waals surface area contributed by atoms with Crippen molar-refractivity contribution in [1.82, 2.24) is 0 Å². The summed E-state index contributed by atoms with van der Waals surface area (Å²) in [5.41, 5.74) is 2.43. The van der Waals surface area contributed by atoms with Crippen LogP contribution in [0, 0.1) is 17.1 Å². The van der Waals surface area contributed by atoms with E-state index < -0.39 is 11.9 Å². The summed E-state index contributed by atoms with van der Waals surface area (Å²) in [6.45, 7) is 0. The van der Waals surface area contributed by atoms with Gasteiger partial charge < -0.3 is 10.1 Å². The Morgan fingerprint density at radius 3 is 2.44 bits per heavy atom. The molecule has 3 aromatic rings. The van der Waals surface area contributed by atoms with Crippen LogP contribution in [0.1, 0.15) is 27.0 Å². The normalized spacial score (nSPS) is 10.9. The first-order valence-corrected chi connectivity index (χ1v) is 9.92. The highest BCUT2D eigenvalue weighted by atomic mass is 35.5. The van der Waals surface area contributed by atoms with Crippen molar-refractivity contribution < 1.29 is 18.7 Å². The summed E-state index contributed by atoms with van der Waals surface area (Å²) in [7, 11) is 1.28. The van der Waals surface area contributed by atoms with Crippen molar-refractivity contribution in [2.24, 2.45) is 0 Å². The number of nitrogens with one attached hydrogen (secondary N) is 1. The molecule has 3 rings (SSSR count). The van der Waals surface area contributed by atoms with E-state index in [1.165, 1.54) is 43.5 Å². The summed E-state index contributed by atoms with van der Waals surface area (Å²) in [6.07, 6.45) is 1.74. The van der Waals surface area contributed by atoms with Crippen LogP contribution in [0.4, 0.5) is 10.1 Å². The van der Waals surface area contributed by atoms with Crippen molar-refractivity contribution in [3.05, 3.63) is 105 Å². The first-order valence-electron chi connectivity index (χ1n) is 9.54. The summed E-state index contributed by atoms with van der Waals surface area (Å²) in [6, 6.07) is 19.5. The van der Waals surface area contributed by atoms with Gasteiger partial charge in [0.2, 0.25) is 0 Å². The van der Waals surface area contributed by atoms with E-state index in [0.717, 1.165) is 5.56 Å². The fraction of sp³-hybridized carbons (Fsp3) is 0.0800. The van der Waals surface area contributed by atoms with Crippen molar-refractivity contribution in [2.75, 3.05) is 12.4 Å². The molecule has 0 aliphatic rings. The average molecular weight is 449 g/mol. The van der Waals surface area contributed by atoms with Crippen molar-refractivity contribution in [1.29, 1.82) is 5.26 Å². The van der Waals surface area contributed by atoms with E-state index >= 15 is 0 Å². The maximum Gasteiger partial charge on any atom is 0.337 e. The molecule has 0 spiro atoms. The van der Waals surface area contributed by atoms with Gasteiger partial charge >= 0.3 is 5.97 Å². The lowest BCUT2D eigenvalue weighted by molar-refractivity contribution is -0.112. The van der Waals surface area contributed by atoms with Gasteiger partial charge in [0.05, 0.1) is 12.7 Å². The van der Waals surface area contributed by atoms with Gasteiger partial charge in [-0.2, -0.15) is 5.26 Å². The molecule has 0 aliphatic carbocycles. The van der Waals surface area contributed by atoms with Gasteiger partial charge in [-0.3, -0.25) is 4.79 Å². The second-order valence-electron chi connectivity index (χ2n) is 6.81. The van der Waals surface area contributed by atoms with Gasteiger partial charge in [-0.05, 0) is 59.2 Å². The monoisotopic (exact) mass is 448 g/mol. The molecule has 0 saturated carbocycles. The van der Waals surface area contributed by atoms with E-state index in [4.69, 9.17) is 11.6 Å². The topological polar surface area (TPSA) is 79.2 Å². The van der Waals surface area contributed by atoms with Crippen molar-refractivity contribution in [2.45, 2.75) is 6.42 Å². The van der Waals surface area contributed by atoms with Crippen molar-refractivity contribution >= 4 is 35.2 Å². The van der Waals surface area contributed by atoms with E-state index in [2.05, 4.69) is 10.1 Å². The average Bonchev–Trinajstić information content (AvgIpc) is 2.80. The molecular formula is C25H18ClFN2O3. The van der Waals surface area contributed by atoms with E-state index in [1.54, 1.807) is 36.4 Å². The number of halogens is 2. The maximum atomic E-state index is 13.9. The predicted molar refractivity (Wildman–Crippen MR) is 121 cm³/mol. The molecular weight excluding hydrogens is 431 g/mol. The fourth-order valence-electron chi connectivity index (χ4n) is 2.96. The number of carbonyl (C=O) groups excluding carboxylic acids is 2. The minimum atomic E-state index is -0.607. The lowest BCUT2D eigenvalue weighted by Crippen LogP contribution is -2.13. The molecule has 0 fully saturated rings. The van der Waals surface area contributed by atoms with Gasteiger partial charge in [0.1, 0.15) is 17.5 Å². The third-order valence-electron chi connectivity index (χ3n) is 4.66. The molecule has 5 nitrogen and oxygen atoms in total. The number of carbonyl (C=O) groups is 2. The van der Waals surface area contributed by atoms with Gasteiger partial charge in [0.15, 0.2) is 0 Å². The Hall–Kier alpha value is -3.95. The highest BCUT2D eigenvalue weighted by molar-refractivity contribution is 6.31. The van der Waals surface area contributed by atoms with Gasteiger partial charge in [-0.1, -0.05) is 41.9 Å². The zero-order chi connectivity index (χ0) is 23.1. The number of benzene rings is 3. The zero-order valence-electron chi connectivity index (χ0n) is 17.1. The Kier molecular flexibility index (Phi) is 7.37. The predicted octanol–water partition coefficient (Wildman–Crippen LogP) is 5.40. The van der Waals surface area contributed by atoms with E-state index in [-0.39, 0.29) is 11.4 Å². The zero-order valence-corrected chi connectivity index (χ0v) is 17.8. The van der Waals surface area contributed by atoms with Crippen LogP contribution in [0.5, 0.6) is 0 Å². The standard InChI is InChI=1S/C25H18ClFN2O3/c1-32-25(31)17-8-10-21(11-9-17)29-24(30)20(15-28)12-16-6-7-18(22(26)13-16)14-19-4-2-3-5-23(19)27/h2-13H,14H2,1H3,(H,29,30)/b20-12+. The van der Waals surface area contributed by atoms with E-state index in [9.17, 15) is 19.2 Å². The minimum Gasteiger partial charge on any atom is -0.465 e. The van der Waals surface area contributed by atoms with E-state index in [1.807, 2.05) is 6.07 Å². The Labute approximate surface area is 189 Å². The second-order valence-corrected chi connectivity index (χ2v) is 7.22. The maximum absolute atomic E-state index is 13.9. The molecule has 7 heteroatoms. The number of methoxy groups -OCH3 is 1. The number of amides is 1. The van der Waals surface area contributed by atoms with Crippen molar-refractivity contribution in [3.63, 3.8) is 0 Å². The van der Waals surface area contributed by atoms with Crippen LogP contribution in [0.2, 0.25) is 5.02 Å². The number of hydrogen-bond acceptors (Lipinski definition) is 4. The quantitative estimate of drug-likeness (QED) is 0.311. The molecule has 0 aliphatic heterocycles. The van der Waals surface area contributed by atoms with Crippen LogP contribution in [-0.2, 0) is 16.0 Å². The molecule has 0 bridgehead atoms. The molecule has 0 radical (unpaired) electrons. The van der Waals surface area contributed by atoms with Crippen LogP contribution in [0.3, 0.4) is 0 Å². The summed E-state index contributed by atoms with van der Waals surface area (Å²) in [4.78, 5) is 24.0. The second kappa shape index (κ2) is 10.4. The highest BCUT2D eigenvalue weighted by Crippen LogP contribution is 2.23. The summed E-state index contributed by atoms with van der Waals surface area (Å²) >= 11 is 6.35. The minimum absolute atomic E-state index is 0.125. The summed E-state index contributed by atoms with van der Waals surface area (Å²) < 4.78 is 18.5. The van der Waals surface area contributed by atoms with Crippen LogP contribution in [0.25, 0.3) is 6.08 Å². The largest absolute Gasteiger partial charge is 0.465 e. The number of ether oxygens (including phenoxy) is 1. The number of nitriles is 1. The Morgan fingerprint density at radius 2 is 1.81 bits per heavy atom. The Morgan fingerprint density at radius 1 is 1.09 bits per heavy atom. The SMILES string of the molecule is COC(=O)c1ccc(NC(=O)/C(C#N)=C/c2ccc(Cc3ccccc3F)c(Cl)c2)cc1. The lowest BCUT2D eigenvalue weighted by atomic mass is 10.0. The van der Waals surface area contributed by atoms with E-state index in [0.29, 0.717) is 33.8 Å². The molecule has 0 aromatic heterocycles. The number of hydrogen-bond donors (Lipinski definition) is 1. The van der Waals surface area contributed by atoms with Crippen LogP contribution in [0.15, 0.2) is 72.3 Å². The number of anilines is 1. The molecule has 1 N–H and O–H groups in total. The number of nitrogens with zero attached hydrogens (tertiary/aromatic N) is 1. The summed E-state index contributed by atoms with van der Waals surface area (Å²) in [5.74, 6) is -1.41. The fourth-order valence-corrected chi connectivity index (χ4v) is 3.22. The van der Waals surface area contributed by atoms with Gasteiger partial charge in [-0.15, -0.1) is 0 Å². The molecule has 0 atom stereocenters. The first kappa shape index (κ1) is 22.7. The molecule has 0 heterocycles. The summed E-state index contributed by atoms with van der Waals surface area (Å²) in [5, 5.41) is 12.4. The molecule has 3 aromatic carbocycles. The van der Waals surface area contributed by atoms with Crippen LogP contribution in [-0.4, -0.2) is 19.0 Å². The van der Waals surface area contributed by atoms with Crippen molar-refractivity contribution in [3.8, 4) is 6.07 Å². The smallest absolute Gasteiger partial charge is 0.337 e. The number of esters is 1. The van der Waals surface area contributed by atoms with Gasteiger partial charge in [0.25, 0.3) is 5.91 Å². The van der Waals surface area contributed by atoms with Crippen LogP contribution >= 0.6 is 11.6 Å². The number of rotatable bonds is 6.